The van der Waals surface area contributed by atoms with E-state index in [1.807, 2.05) is 6.92 Å². The molecule has 1 saturated heterocycles. The number of nitrogens with zero attached hydrogens (tertiary/aromatic N) is 1. The first kappa shape index (κ1) is 24.0. The Balaban J connectivity index is 2.09. The van der Waals surface area contributed by atoms with Gasteiger partial charge in [0.2, 0.25) is 0 Å². The molecule has 0 aromatic heterocycles. The number of carbonyl (C=O) groups is 3. The van der Waals surface area contributed by atoms with Crippen molar-refractivity contribution >= 4 is 23.4 Å². The molecule has 1 heterocycles. The molecule has 8 heteroatoms. The summed E-state index contributed by atoms with van der Waals surface area (Å²) in [6.45, 7) is 2.86. The van der Waals surface area contributed by atoms with Crippen LogP contribution < -0.4 is 4.74 Å². The minimum atomic E-state index is -0.841. The predicted molar refractivity (Wildman–Crippen MR) is 121 cm³/mol. The van der Waals surface area contributed by atoms with Gasteiger partial charge in [0.1, 0.15) is 11.5 Å². The maximum Gasteiger partial charge on any atom is 0.337 e. The summed E-state index contributed by atoms with van der Waals surface area (Å²) in [7, 11) is 2.78. The number of amides is 1. The molecule has 3 rings (SSSR count). The molecule has 174 valence electrons. The van der Waals surface area contributed by atoms with Crippen LogP contribution in [-0.2, 0) is 19.1 Å². The summed E-state index contributed by atoms with van der Waals surface area (Å²) in [5.74, 6) is -1.76. The standard InChI is InChI=1S/C25H27NO7/c1-4-13-33-19-7-5-6-18(15-19)22(27)20-21(26(12-14-31-2)24(29)23(20)28)16-8-10-17(11-9-16)25(30)32-3/h5-11,15,21,27H,4,12-14H2,1-3H3. The van der Waals surface area contributed by atoms with Crippen LogP contribution in [0.4, 0.5) is 0 Å². The number of carbonyl (C=O) groups excluding carboxylic acids is 3. The first-order valence-electron chi connectivity index (χ1n) is 10.6. The molecule has 0 spiro atoms. The molecule has 1 unspecified atom stereocenters. The van der Waals surface area contributed by atoms with Crippen molar-refractivity contribution < 1.29 is 33.7 Å². The molecule has 2 aromatic carbocycles. The Bertz CT molecular complexity index is 1060. The number of ketones is 1. The van der Waals surface area contributed by atoms with Crippen LogP contribution in [0, 0.1) is 0 Å². The number of rotatable bonds is 9. The molecule has 1 aliphatic rings. The van der Waals surface area contributed by atoms with Gasteiger partial charge in [-0.2, -0.15) is 0 Å². The smallest absolute Gasteiger partial charge is 0.337 e. The van der Waals surface area contributed by atoms with Gasteiger partial charge in [0, 0.05) is 19.2 Å². The van der Waals surface area contributed by atoms with Crippen molar-refractivity contribution in [1.82, 2.24) is 4.90 Å². The predicted octanol–water partition coefficient (Wildman–Crippen LogP) is 3.33. The Hall–Kier alpha value is -3.65. The van der Waals surface area contributed by atoms with Gasteiger partial charge in [0.15, 0.2) is 0 Å². The van der Waals surface area contributed by atoms with Crippen LogP contribution in [0.15, 0.2) is 54.1 Å². The molecule has 33 heavy (non-hydrogen) atoms. The second kappa shape index (κ2) is 10.8. The number of likely N-dealkylation sites (tertiary alicyclic amines) is 1. The van der Waals surface area contributed by atoms with Gasteiger partial charge in [-0.25, -0.2) is 4.79 Å². The average molecular weight is 453 g/mol. The van der Waals surface area contributed by atoms with Crippen LogP contribution in [0.1, 0.15) is 40.9 Å². The van der Waals surface area contributed by atoms with E-state index < -0.39 is 23.7 Å². The molecular formula is C25H27NO7. The van der Waals surface area contributed by atoms with E-state index in [2.05, 4.69) is 0 Å². The van der Waals surface area contributed by atoms with Crippen molar-refractivity contribution in [2.24, 2.45) is 0 Å². The summed E-state index contributed by atoms with van der Waals surface area (Å²) in [6.07, 6.45) is 0.822. The lowest BCUT2D eigenvalue weighted by atomic mass is 9.94. The van der Waals surface area contributed by atoms with E-state index in [-0.39, 0.29) is 24.5 Å². The molecule has 0 radical (unpaired) electrons. The van der Waals surface area contributed by atoms with Gasteiger partial charge in [-0.15, -0.1) is 0 Å². The Morgan fingerprint density at radius 2 is 1.76 bits per heavy atom. The quantitative estimate of drug-likeness (QED) is 0.269. The second-order valence-electron chi connectivity index (χ2n) is 7.48. The van der Waals surface area contributed by atoms with E-state index in [1.165, 1.54) is 19.1 Å². The first-order chi connectivity index (χ1) is 15.9. The zero-order chi connectivity index (χ0) is 24.0. The van der Waals surface area contributed by atoms with Gasteiger partial charge in [-0.3, -0.25) is 9.59 Å². The normalized spacial score (nSPS) is 17.3. The average Bonchev–Trinajstić information content (AvgIpc) is 3.10. The largest absolute Gasteiger partial charge is 0.507 e. The number of esters is 1. The number of methoxy groups -OCH3 is 2. The third kappa shape index (κ3) is 5.06. The van der Waals surface area contributed by atoms with Crippen LogP contribution in [0.2, 0.25) is 0 Å². The summed E-state index contributed by atoms with van der Waals surface area (Å²) in [4.78, 5) is 39.0. The minimum absolute atomic E-state index is 0.0328. The molecule has 1 aliphatic heterocycles. The highest BCUT2D eigenvalue weighted by Gasteiger charge is 2.45. The van der Waals surface area contributed by atoms with Gasteiger partial charge < -0.3 is 24.2 Å². The molecule has 1 amide bonds. The van der Waals surface area contributed by atoms with Crippen LogP contribution in [-0.4, -0.2) is 61.6 Å². The minimum Gasteiger partial charge on any atom is -0.507 e. The van der Waals surface area contributed by atoms with Crippen LogP contribution >= 0.6 is 0 Å². The van der Waals surface area contributed by atoms with Crippen molar-refractivity contribution in [3.8, 4) is 5.75 Å². The zero-order valence-electron chi connectivity index (χ0n) is 18.9. The lowest BCUT2D eigenvalue weighted by molar-refractivity contribution is -0.140. The number of aliphatic hydroxyl groups is 1. The molecule has 2 aromatic rings. The fourth-order valence-corrected chi connectivity index (χ4v) is 3.67. The van der Waals surface area contributed by atoms with Gasteiger partial charge in [0.25, 0.3) is 11.7 Å². The molecule has 0 aliphatic carbocycles. The van der Waals surface area contributed by atoms with Crippen LogP contribution in [0.5, 0.6) is 5.75 Å². The number of benzene rings is 2. The Labute approximate surface area is 192 Å². The van der Waals surface area contributed by atoms with Crippen molar-refractivity contribution in [2.45, 2.75) is 19.4 Å². The maximum absolute atomic E-state index is 13.0. The van der Waals surface area contributed by atoms with E-state index in [0.717, 1.165) is 6.42 Å². The highest BCUT2D eigenvalue weighted by molar-refractivity contribution is 6.46. The summed E-state index contributed by atoms with van der Waals surface area (Å²) >= 11 is 0. The van der Waals surface area contributed by atoms with E-state index in [4.69, 9.17) is 14.2 Å². The maximum atomic E-state index is 13.0. The highest BCUT2D eigenvalue weighted by Crippen LogP contribution is 2.39. The van der Waals surface area contributed by atoms with Crippen molar-refractivity contribution in [1.29, 1.82) is 0 Å². The monoisotopic (exact) mass is 453 g/mol. The van der Waals surface area contributed by atoms with Gasteiger partial charge in [-0.1, -0.05) is 31.2 Å². The summed E-state index contributed by atoms with van der Waals surface area (Å²) in [5, 5.41) is 11.1. The van der Waals surface area contributed by atoms with Crippen molar-refractivity contribution in [3.63, 3.8) is 0 Å². The number of aliphatic hydroxyl groups excluding tert-OH is 1. The van der Waals surface area contributed by atoms with Gasteiger partial charge >= 0.3 is 5.97 Å². The molecule has 0 saturated carbocycles. The van der Waals surface area contributed by atoms with E-state index in [1.54, 1.807) is 48.5 Å². The topological polar surface area (TPSA) is 102 Å². The number of ether oxygens (including phenoxy) is 3. The summed E-state index contributed by atoms with van der Waals surface area (Å²) in [6, 6.07) is 12.3. The Morgan fingerprint density at radius 3 is 2.39 bits per heavy atom. The van der Waals surface area contributed by atoms with Gasteiger partial charge in [-0.05, 0) is 36.2 Å². The molecule has 0 bridgehead atoms. The SMILES string of the molecule is CCCOc1cccc(C(O)=C2C(=O)C(=O)N(CCOC)C2c2ccc(C(=O)OC)cc2)c1. The lowest BCUT2D eigenvalue weighted by Crippen LogP contribution is -2.32. The fourth-order valence-electron chi connectivity index (χ4n) is 3.67. The third-order valence-corrected chi connectivity index (χ3v) is 5.30. The summed E-state index contributed by atoms with van der Waals surface area (Å²) in [5.41, 5.74) is 1.23. The number of Topliss-reactive ketones (excluding diaryl/α,β-unsaturated/α-hetero) is 1. The first-order valence-corrected chi connectivity index (χ1v) is 10.6. The third-order valence-electron chi connectivity index (χ3n) is 5.30. The van der Waals surface area contributed by atoms with Crippen molar-refractivity contribution in [3.05, 3.63) is 70.8 Å². The Kier molecular flexibility index (Phi) is 7.84. The van der Waals surface area contributed by atoms with E-state index in [9.17, 15) is 19.5 Å². The fraction of sp³-hybridized carbons (Fsp3) is 0.320. The summed E-state index contributed by atoms with van der Waals surface area (Å²) < 4.78 is 15.5. The molecular weight excluding hydrogens is 426 g/mol. The lowest BCUT2D eigenvalue weighted by Gasteiger charge is -2.25. The Morgan fingerprint density at radius 1 is 1.03 bits per heavy atom. The molecule has 1 N–H and O–H groups in total. The molecule has 1 atom stereocenters. The molecule has 8 nitrogen and oxygen atoms in total. The molecule has 1 fully saturated rings. The second-order valence-corrected chi connectivity index (χ2v) is 7.48. The highest BCUT2D eigenvalue weighted by atomic mass is 16.5. The van der Waals surface area contributed by atoms with E-state index >= 15 is 0 Å². The van der Waals surface area contributed by atoms with Crippen LogP contribution in [0.3, 0.4) is 0 Å². The number of hydrogen-bond acceptors (Lipinski definition) is 7. The van der Waals surface area contributed by atoms with Gasteiger partial charge in [0.05, 0.1) is 37.5 Å². The van der Waals surface area contributed by atoms with Crippen molar-refractivity contribution in [2.75, 3.05) is 34.0 Å². The van der Waals surface area contributed by atoms with E-state index in [0.29, 0.717) is 29.0 Å². The van der Waals surface area contributed by atoms with Crippen LogP contribution in [0.25, 0.3) is 5.76 Å². The zero-order valence-corrected chi connectivity index (χ0v) is 18.9. The number of hydrogen-bond donors (Lipinski definition) is 1.